The zero-order valence-corrected chi connectivity index (χ0v) is 17.9. The Hall–Kier alpha value is -2.83. The van der Waals surface area contributed by atoms with Gasteiger partial charge in [0.05, 0.1) is 22.2 Å². The van der Waals surface area contributed by atoms with Crippen molar-refractivity contribution < 1.29 is 23.8 Å². The molecule has 0 atom stereocenters. The molecule has 2 aromatic carbocycles. The molecule has 0 unspecified atom stereocenters. The molecular formula is C22H19Cl2NO5. The summed E-state index contributed by atoms with van der Waals surface area (Å²) in [5.74, 6) is -0.452. The lowest BCUT2D eigenvalue weighted by Crippen LogP contribution is -2.09. The van der Waals surface area contributed by atoms with E-state index in [9.17, 15) is 9.59 Å². The average Bonchev–Trinajstić information content (AvgIpc) is 3.05. The van der Waals surface area contributed by atoms with E-state index in [1.165, 1.54) is 6.08 Å². The maximum Gasteiger partial charge on any atom is 0.363 e. The first kappa shape index (κ1) is 21.9. The monoisotopic (exact) mass is 447 g/mol. The molecule has 2 aromatic rings. The molecule has 0 spiro atoms. The van der Waals surface area contributed by atoms with Crippen LogP contribution in [-0.4, -0.2) is 24.4 Å². The van der Waals surface area contributed by atoms with E-state index >= 15 is 0 Å². The molecule has 3 rings (SSSR count). The Morgan fingerprint density at radius 1 is 1.17 bits per heavy atom. The third-order valence-electron chi connectivity index (χ3n) is 4.03. The molecule has 6 nitrogen and oxygen atoms in total. The van der Waals surface area contributed by atoms with E-state index in [4.69, 9.17) is 37.4 Å². The lowest BCUT2D eigenvalue weighted by atomic mass is 10.1. The Balaban J connectivity index is 1.95. The summed E-state index contributed by atoms with van der Waals surface area (Å²) in [6, 6.07) is 10.1. The maximum atomic E-state index is 12.3. The minimum absolute atomic E-state index is 0.0826. The minimum atomic E-state index is -0.613. The van der Waals surface area contributed by atoms with Crippen molar-refractivity contribution in [3.63, 3.8) is 0 Å². The Kier molecular flexibility index (Phi) is 7.13. The molecule has 30 heavy (non-hydrogen) atoms. The van der Waals surface area contributed by atoms with Gasteiger partial charge in [0.25, 0.3) is 0 Å². The number of esters is 2. The number of rotatable bonds is 7. The topological polar surface area (TPSA) is 74.2 Å². The Bertz CT molecular complexity index is 1050. The molecule has 0 aliphatic carbocycles. The van der Waals surface area contributed by atoms with Crippen molar-refractivity contribution in [1.82, 2.24) is 0 Å². The van der Waals surface area contributed by atoms with E-state index in [0.717, 1.165) is 0 Å². The molecule has 0 aromatic heterocycles. The number of nitrogens with zero attached hydrogens (tertiary/aromatic N) is 1. The Morgan fingerprint density at radius 2 is 1.93 bits per heavy atom. The molecule has 156 valence electrons. The summed E-state index contributed by atoms with van der Waals surface area (Å²) >= 11 is 12.5. The quantitative estimate of drug-likeness (QED) is 0.320. The summed E-state index contributed by atoms with van der Waals surface area (Å²) in [7, 11) is 0. The molecule has 1 aliphatic heterocycles. The molecule has 1 aliphatic rings. The molecular weight excluding hydrogens is 429 g/mol. The van der Waals surface area contributed by atoms with Crippen molar-refractivity contribution in [3.8, 4) is 11.5 Å². The van der Waals surface area contributed by atoms with Crippen LogP contribution in [0, 0.1) is 0 Å². The first-order valence-corrected chi connectivity index (χ1v) is 10.1. The van der Waals surface area contributed by atoms with E-state index in [2.05, 4.69) is 4.99 Å². The van der Waals surface area contributed by atoms with Crippen LogP contribution < -0.4 is 9.47 Å². The molecule has 0 N–H and O–H groups in total. The van der Waals surface area contributed by atoms with E-state index in [1.807, 2.05) is 6.92 Å². The second-order valence-corrected chi connectivity index (χ2v) is 7.12. The fraction of sp³-hybridized carbons (Fsp3) is 0.227. The van der Waals surface area contributed by atoms with Gasteiger partial charge in [-0.1, -0.05) is 42.3 Å². The number of carbonyl (C=O) groups is 2. The number of hydrogen-bond acceptors (Lipinski definition) is 6. The highest BCUT2D eigenvalue weighted by molar-refractivity contribution is 6.34. The van der Waals surface area contributed by atoms with Gasteiger partial charge in [-0.3, -0.25) is 4.79 Å². The minimum Gasteiger partial charge on any atom is -0.490 e. The summed E-state index contributed by atoms with van der Waals surface area (Å²) in [6.45, 7) is 4.01. The van der Waals surface area contributed by atoms with Crippen LogP contribution in [-0.2, 0) is 14.3 Å². The third-order valence-corrected chi connectivity index (χ3v) is 4.64. The second kappa shape index (κ2) is 9.78. The van der Waals surface area contributed by atoms with Gasteiger partial charge in [-0.15, -0.1) is 0 Å². The van der Waals surface area contributed by atoms with Crippen LogP contribution in [0.2, 0.25) is 10.0 Å². The van der Waals surface area contributed by atoms with Gasteiger partial charge in [0.1, 0.15) is 0 Å². The lowest BCUT2D eigenvalue weighted by molar-refractivity contribution is -0.134. The molecule has 8 heteroatoms. The van der Waals surface area contributed by atoms with Crippen LogP contribution in [0.1, 0.15) is 37.8 Å². The van der Waals surface area contributed by atoms with Gasteiger partial charge in [0.15, 0.2) is 17.2 Å². The molecule has 0 amide bonds. The van der Waals surface area contributed by atoms with Crippen molar-refractivity contribution in [2.45, 2.75) is 26.7 Å². The van der Waals surface area contributed by atoms with Gasteiger partial charge in [-0.25, -0.2) is 9.79 Å². The highest BCUT2D eigenvalue weighted by Crippen LogP contribution is 2.38. The predicted molar refractivity (Wildman–Crippen MR) is 115 cm³/mol. The maximum absolute atomic E-state index is 12.3. The number of ether oxygens (including phenoxy) is 3. The van der Waals surface area contributed by atoms with Crippen molar-refractivity contribution in [2.24, 2.45) is 4.99 Å². The van der Waals surface area contributed by atoms with Crippen molar-refractivity contribution in [1.29, 1.82) is 0 Å². The fourth-order valence-corrected chi connectivity index (χ4v) is 3.19. The number of hydrogen-bond donors (Lipinski definition) is 0. The van der Waals surface area contributed by atoms with Crippen LogP contribution in [0.3, 0.4) is 0 Å². The predicted octanol–water partition coefficient (Wildman–Crippen LogP) is 5.44. The van der Waals surface area contributed by atoms with Gasteiger partial charge in [0, 0.05) is 6.42 Å². The smallest absolute Gasteiger partial charge is 0.363 e. The summed E-state index contributed by atoms with van der Waals surface area (Å²) < 4.78 is 16.2. The van der Waals surface area contributed by atoms with Crippen LogP contribution in [0.25, 0.3) is 6.08 Å². The first-order valence-electron chi connectivity index (χ1n) is 9.37. The van der Waals surface area contributed by atoms with E-state index in [-0.39, 0.29) is 28.8 Å². The van der Waals surface area contributed by atoms with Gasteiger partial charge in [0.2, 0.25) is 5.90 Å². The average molecular weight is 448 g/mol. The summed E-state index contributed by atoms with van der Waals surface area (Å²) in [5.41, 5.74) is 1.14. The van der Waals surface area contributed by atoms with Gasteiger partial charge in [-0.2, -0.15) is 0 Å². The second-order valence-electron chi connectivity index (χ2n) is 6.30. The van der Waals surface area contributed by atoms with Crippen LogP contribution >= 0.6 is 23.2 Å². The zero-order chi connectivity index (χ0) is 21.7. The van der Waals surface area contributed by atoms with Crippen molar-refractivity contribution in [3.05, 3.63) is 63.3 Å². The molecule has 0 saturated carbocycles. The summed E-state index contributed by atoms with van der Waals surface area (Å²) in [4.78, 5) is 28.4. The third kappa shape index (κ3) is 5.01. The number of benzene rings is 2. The molecule has 0 saturated heterocycles. The van der Waals surface area contributed by atoms with E-state index in [0.29, 0.717) is 34.9 Å². The summed E-state index contributed by atoms with van der Waals surface area (Å²) in [6.07, 6.45) is 2.43. The van der Waals surface area contributed by atoms with Crippen LogP contribution in [0.5, 0.6) is 11.5 Å². The van der Waals surface area contributed by atoms with Gasteiger partial charge < -0.3 is 14.2 Å². The highest BCUT2D eigenvalue weighted by atomic mass is 35.5. The van der Waals surface area contributed by atoms with Gasteiger partial charge in [-0.05, 0) is 49.2 Å². The standard InChI is InChI=1S/C22H19Cl2NO5/c1-3-7-19(26)29-20-16(24)10-13(12-18(20)28-4-2)11-17-22(27)30-21(25-17)14-8-5-6-9-15(14)23/h5-6,8-12H,3-4,7H2,1-2H3/b17-11-. The molecule has 0 bridgehead atoms. The first-order chi connectivity index (χ1) is 14.4. The Labute approximate surface area is 184 Å². The molecule has 1 heterocycles. The highest BCUT2D eigenvalue weighted by Gasteiger charge is 2.26. The van der Waals surface area contributed by atoms with E-state index < -0.39 is 11.9 Å². The summed E-state index contributed by atoms with van der Waals surface area (Å²) in [5, 5.41) is 0.601. The Morgan fingerprint density at radius 3 is 2.63 bits per heavy atom. The number of cyclic esters (lactones) is 1. The molecule has 0 radical (unpaired) electrons. The van der Waals surface area contributed by atoms with Crippen LogP contribution in [0.4, 0.5) is 0 Å². The van der Waals surface area contributed by atoms with Crippen molar-refractivity contribution >= 4 is 47.1 Å². The number of halogens is 2. The van der Waals surface area contributed by atoms with Crippen molar-refractivity contribution in [2.75, 3.05) is 6.61 Å². The lowest BCUT2D eigenvalue weighted by Gasteiger charge is -2.13. The van der Waals surface area contributed by atoms with Gasteiger partial charge >= 0.3 is 11.9 Å². The van der Waals surface area contributed by atoms with Crippen LogP contribution in [0.15, 0.2) is 47.1 Å². The number of aliphatic imine (C=N–C) groups is 1. The SMILES string of the molecule is CCCC(=O)Oc1c(Cl)cc(/C=C2\N=C(c3ccccc3Cl)OC2=O)cc1OCC. The van der Waals surface area contributed by atoms with E-state index in [1.54, 1.807) is 43.3 Å². The molecule has 0 fully saturated rings. The normalized spacial score (nSPS) is 14.5. The fourth-order valence-electron chi connectivity index (χ4n) is 2.72. The largest absolute Gasteiger partial charge is 0.490 e. The number of carbonyl (C=O) groups excluding carboxylic acids is 2. The zero-order valence-electron chi connectivity index (χ0n) is 16.4.